The van der Waals surface area contributed by atoms with Gasteiger partial charge in [0.1, 0.15) is 5.78 Å². The minimum absolute atomic E-state index is 0.0363. The van der Waals surface area contributed by atoms with Crippen molar-refractivity contribution in [2.24, 2.45) is 0 Å². The van der Waals surface area contributed by atoms with Crippen molar-refractivity contribution in [2.75, 3.05) is 46.2 Å². The highest BCUT2D eigenvalue weighted by molar-refractivity contribution is 5.83. The van der Waals surface area contributed by atoms with Gasteiger partial charge in [-0.2, -0.15) is 0 Å². The molecule has 0 aromatic heterocycles. The van der Waals surface area contributed by atoms with Gasteiger partial charge in [-0.3, -0.25) is 4.79 Å². The molecule has 0 aromatic rings. The third-order valence-corrected chi connectivity index (χ3v) is 2.88. The minimum atomic E-state index is -0.0818. The van der Waals surface area contributed by atoms with E-state index in [0.29, 0.717) is 46.0 Å². The van der Waals surface area contributed by atoms with Crippen molar-refractivity contribution < 1.29 is 23.8 Å². The fourth-order valence-corrected chi connectivity index (χ4v) is 1.57. The van der Waals surface area contributed by atoms with Gasteiger partial charge < -0.3 is 24.3 Å². The van der Waals surface area contributed by atoms with Crippen LogP contribution >= 0.6 is 0 Å². The minimum Gasteiger partial charge on any atom is -0.379 e. The number of unbranched alkanes of at least 4 members (excludes halogenated alkanes) is 1. The quantitative estimate of drug-likeness (QED) is 0.435. The molecule has 0 saturated carbocycles. The van der Waals surface area contributed by atoms with Gasteiger partial charge in [0, 0.05) is 32.6 Å². The van der Waals surface area contributed by atoms with E-state index in [-0.39, 0.29) is 18.1 Å². The zero-order chi connectivity index (χ0) is 18.5. The molecule has 0 aromatic carbocycles. The predicted octanol–water partition coefficient (Wildman–Crippen LogP) is 2.74. The number of hydrogen-bond donors (Lipinski definition) is 1. The van der Waals surface area contributed by atoms with Crippen LogP contribution < -0.4 is 5.32 Å². The van der Waals surface area contributed by atoms with Crippen LogP contribution in [-0.2, 0) is 23.8 Å². The molecule has 0 bridgehead atoms. The Bertz CT molecular complexity index is 285. The number of amides is 1. The SMILES string of the molecule is CC.CCCCOCCOCCOCCCNC(=O)CCC(C)=O. The fraction of sp³-hybridized carbons (Fsp3) is 0.889. The number of ether oxygens (including phenoxy) is 3. The topological polar surface area (TPSA) is 73.9 Å². The number of hydrogen-bond acceptors (Lipinski definition) is 5. The lowest BCUT2D eigenvalue weighted by atomic mass is 10.2. The second kappa shape index (κ2) is 22.0. The average molecular weight is 347 g/mol. The summed E-state index contributed by atoms with van der Waals surface area (Å²) in [5.74, 6) is -0.0455. The lowest BCUT2D eigenvalue weighted by Crippen LogP contribution is -2.25. The maximum absolute atomic E-state index is 11.3. The predicted molar refractivity (Wildman–Crippen MR) is 96.3 cm³/mol. The van der Waals surface area contributed by atoms with E-state index in [4.69, 9.17) is 14.2 Å². The maximum atomic E-state index is 11.3. The molecule has 0 spiro atoms. The molecule has 6 heteroatoms. The van der Waals surface area contributed by atoms with Crippen molar-refractivity contribution >= 4 is 11.7 Å². The van der Waals surface area contributed by atoms with Gasteiger partial charge in [-0.25, -0.2) is 0 Å². The maximum Gasteiger partial charge on any atom is 0.220 e. The summed E-state index contributed by atoms with van der Waals surface area (Å²) in [5.41, 5.74) is 0. The van der Waals surface area contributed by atoms with Crippen molar-refractivity contribution in [1.82, 2.24) is 5.32 Å². The Morgan fingerprint density at radius 1 is 0.792 bits per heavy atom. The van der Waals surface area contributed by atoms with Crippen molar-refractivity contribution in [2.45, 2.75) is 59.8 Å². The summed E-state index contributed by atoms with van der Waals surface area (Å²) in [6, 6.07) is 0. The summed E-state index contributed by atoms with van der Waals surface area (Å²) in [4.78, 5) is 22.0. The van der Waals surface area contributed by atoms with Gasteiger partial charge in [0.15, 0.2) is 0 Å². The van der Waals surface area contributed by atoms with Crippen LogP contribution in [0.5, 0.6) is 0 Å². The van der Waals surface area contributed by atoms with Crippen molar-refractivity contribution in [1.29, 1.82) is 0 Å². The van der Waals surface area contributed by atoms with E-state index >= 15 is 0 Å². The van der Waals surface area contributed by atoms with Gasteiger partial charge in [0.2, 0.25) is 5.91 Å². The van der Waals surface area contributed by atoms with E-state index in [1.807, 2.05) is 13.8 Å². The van der Waals surface area contributed by atoms with Gasteiger partial charge in [-0.1, -0.05) is 27.2 Å². The molecule has 6 nitrogen and oxygen atoms in total. The zero-order valence-corrected chi connectivity index (χ0v) is 16.0. The lowest BCUT2D eigenvalue weighted by Gasteiger charge is -2.07. The van der Waals surface area contributed by atoms with Crippen LogP contribution in [0.2, 0.25) is 0 Å². The molecule has 24 heavy (non-hydrogen) atoms. The summed E-state index contributed by atoms with van der Waals surface area (Å²) < 4.78 is 16.1. The molecule has 0 atom stereocenters. The van der Waals surface area contributed by atoms with Gasteiger partial charge in [-0.05, 0) is 19.8 Å². The van der Waals surface area contributed by atoms with Crippen LogP contribution in [0.15, 0.2) is 0 Å². The molecular weight excluding hydrogens is 310 g/mol. The molecule has 0 radical (unpaired) electrons. The fourth-order valence-electron chi connectivity index (χ4n) is 1.57. The molecule has 0 aliphatic carbocycles. The first-order valence-corrected chi connectivity index (χ1v) is 9.16. The normalized spacial score (nSPS) is 10.0. The Labute approximate surface area is 147 Å². The molecular formula is C18H37NO5. The van der Waals surface area contributed by atoms with Gasteiger partial charge in [0.05, 0.1) is 26.4 Å². The summed E-state index contributed by atoms with van der Waals surface area (Å²) >= 11 is 0. The molecule has 0 unspecified atom stereocenters. The van der Waals surface area contributed by atoms with Gasteiger partial charge >= 0.3 is 0 Å². The first-order chi connectivity index (χ1) is 11.7. The molecule has 1 amide bonds. The molecule has 0 rings (SSSR count). The van der Waals surface area contributed by atoms with E-state index in [0.717, 1.165) is 25.9 Å². The largest absolute Gasteiger partial charge is 0.379 e. The highest BCUT2D eigenvalue weighted by atomic mass is 16.5. The molecule has 0 saturated heterocycles. The third-order valence-electron chi connectivity index (χ3n) is 2.88. The van der Waals surface area contributed by atoms with Gasteiger partial charge in [0.25, 0.3) is 0 Å². The summed E-state index contributed by atoms with van der Waals surface area (Å²) in [5, 5.41) is 2.75. The Kier molecular flexibility index (Phi) is 23.2. The van der Waals surface area contributed by atoms with Crippen LogP contribution in [0.3, 0.4) is 0 Å². The third kappa shape index (κ3) is 23.3. The first kappa shape index (κ1) is 25.3. The van der Waals surface area contributed by atoms with Crippen LogP contribution in [-0.4, -0.2) is 57.9 Å². The smallest absolute Gasteiger partial charge is 0.220 e. The number of carbonyl (C=O) groups is 2. The van der Waals surface area contributed by atoms with Crippen LogP contribution in [0.4, 0.5) is 0 Å². The van der Waals surface area contributed by atoms with Crippen molar-refractivity contribution in [3.63, 3.8) is 0 Å². The van der Waals surface area contributed by atoms with E-state index in [1.54, 1.807) is 0 Å². The monoisotopic (exact) mass is 347 g/mol. The zero-order valence-electron chi connectivity index (χ0n) is 16.0. The Balaban J connectivity index is 0. The standard InChI is InChI=1S/C16H31NO5.C2H6/c1-3-4-9-20-11-13-22-14-12-21-10-5-8-17-16(19)7-6-15(2)18;1-2/h3-14H2,1-2H3,(H,17,19);1-2H3. The van der Waals surface area contributed by atoms with Gasteiger partial charge in [-0.15, -0.1) is 0 Å². The molecule has 144 valence electrons. The highest BCUT2D eigenvalue weighted by Gasteiger charge is 2.02. The van der Waals surface area contributed by atoms with Crippen LogP contribution in [0.25, 0.3) is 0 Å². The van der Waals surface area contributed by atoms with Crippen LogP contribution in [0.1, 0.15) is 59.8 Å². The lowest BCUT2D eigenvalue weighted by molar-refractivity contribution is -0.124. The number of rotatable bonds is 16. The van der Waals surface area contributed by atoms with E-state index < -0.39 is 0 Å². The molecule has 1 N–H and O–H groups in total. The molecule has 0 aliphatic heterocycles. The molecule has 0 fully saturated rings. The summed E-state index contributed by atoms with van der Waals surface area (Å²) in [6.45, 7) is 11.9. The Hall–Kier alpha value is -0.980. The van der Waals surface area contributed by atoms with E-state index in [2.05, 4.69) is 12.2 Å². The second-order valence-corrected chi connectivity index (χ2v) is 5.10. The van der Waals surface area contributed by atoms with Crippen LogP contribution in [0, 0.1) is 0 Å². The number of nitrogens with one attached hydrogen (secondary N) is 1. The summed E-state index contributed by atoms with van der Waals surface area (Å²) in [7, 11) is 0. The first-order valence-electron chi connectivity index (χ1n) is 9.16. The summed E-state index contributed by atoms with van der Waals surface area (Å²) in [6.07, 6.45) is 3.57. The van der Waals surface area contributed by atoms with E-state index in [9.17, 15) is 9.59 Å². The van der Waals surface area contributed by atoms with E-state index in [1.165, 1.54) is 6.92 Å². The number of Topliss-reactive ketones (excluding diaryl/α,β-unsaturated/α-hetero) is 1. The average Bonchev–Trinajstić information content (AvgIpc) is 2.59. The number of ketones is 1. The van der Waals surface area contributed by atoms with Crippen molar-refractivity contribution in [3.8, 4) is 0 Å². The second-order valence-electron chi connectivity index (χ2n) is 5.10. The molecule has 0 aliphatic rings. The Morgan fingerprint density at radius 2 is 1.29 bits per heavy atom. The number of carbonyl (C=O) groups excluding carboxylic acids is 2. The highest BCUT2D eigenvalue weighted by Crippen LogP contribution is 1.91. The Morgan fingerprint density at radius 3 is 1.79 bits per heavy atom. The van der Waals surface area contributed by atoms with Crippen molar-refractivity contribution in [3.05, 3.63) is 0 Å². The molecule has 0 heterocycles.